The SMILES string of the molecule is CC(C)(C)NCC(Cc1c(F)cccc1Cl)C1CCCC1. The zero-order chi connectivity index (χ0) is 15.5. The van der Waals surface area contributed by atoms with E-state index in [1.54, 1.807) is 12.1 Å². The summed E-state index contributed by atoms with van der Waals surface area (Å²) in [7, 11) is 0. The zero-order valence-electron chi connectivity index (χ0n) is 13.4. The molecule has 1 saturated carbocycles. The van der Waals surface area contributed by atoms with Crippen molar-refractivity contribution < 1.29 is 4.39 Å². The lowest BCUT2D eigenvalue weighted by atomic mass is 9.85. The van der Waals surface area contributed by atoms with Crippen LogP contribution in [-0.2, 0) is 6.42 Å². The molecule has 2 rings (SSSR count). The molecular weight excluding hydrogens is 285 g/mol. The minimum Gasteiger partial charge on any atom is -0.312 e. The van der Waals surface area contributed by atoms with Gasteiger partial charge in [0, 0.05) is 16.1 Å². The number of hydrogen-bond acceptors (Lipinski definition) is 1. The molecule has 0 saturated heterocycles. The Bertz CT molecular complexity index is 441. The third-order valence-electron chi connectivity index (χ3n) is 4.49. The van der Waals surface area contributed by atoms with Gasteiger partial charge in [0.15, 0.2) is 0 Å². The molecule has 0 spiro atoms. The van der Waals surface area contributed by atoms with Crippen molar-refractivity contribution in [3.05, 3.63) is 34.6 Å². The van der Waals surface area contributed by atoms with Gasteiger partial charge < -0.3 is 5.32 Å². The average molecular weight is 312 g/mol. The fourth-order valence-electron chi connectivity index (χ4n) is 3.26. The highest BCUT2D eigenvalue weighted by molar-refractivity contribution is 6.31. The van der Waals surface area contributed by atoms with Crippen molar-refractivity contribution >= 4 is 11.6 Å². The van der Waals surface area contributed by atoms with E-state index in [1.165, 1.54) is 31.7 Å². The van der Waals surface area contributed by atoms with Crippen molar-refractivity contribution in [3.63, 3.8) is 0 Å². The predicted octanol–water partition coefficient (Wildman–Crippen LogP) is 5.22. The Morgan fingerprint density at radius 1 is 1.29 bits per heavy atom. The Kier molecular flexibility index (Phi) is 5.67. The van der Waals surface area contributed by atoms with Crippen molar-refractivity contribution in [2.24, 2.45) is 11.8 Å². The van der Waals surface area contributed by atoms with Crippen LogP contribution in [0.1, 0.15) is 52.0 Å². The molecule has 0 aliphatic heterocycles. The van der Waals surface area contributed by atoms with E-state index in [0.717, 1.165) is 13.0 Å². The van der Waals surface area contributed by atoms with E-state index in [1.807, 2.05) is 0 Å². The van der Waals surface area contributed by atoms with Crippen LogP contribution in [0.15, 0.2) is 18.2 Å². The first-order valence-corrected chi connectivity index (χ1v) is 8.42. The Morgan fingerprint density at radius 2 is 1.95 bits per heavy atom. The van der Waals surface area contributed by atoms with Crippen LogP contribution in [0.5, 0.6) is 0 Å². The molecule has 0 amide bonds. The Labute approximate surface area is 133 Å². The first kappa shape index (κ1) is 16.8. The maximum atomic E-state index is 14.1. The van der Waals surface area contributed by atoms with E-state index in [4.69, 9.17) is 11.6 Å². The van der Waals surface area contributed by atoms with Crippen LogP contribution in [0.2, 0.25) is 5.02 Å². The molecule has 1 aliphatic rings. The maximum Gasteiger partial charge on any atom is 0.127 e. The molecule has 1 aromatic carbocycles. The first-order chi connectivity index (χ1) is 9.87. The predicted molar refractivity (Wildman–Crippen MR) is 88.3 cm³/mol. The van der Waals surface area contributed by atoms with Gasteiger partial charge in [-0.15, -0.1) is 0 Å². The minimum absolute atomic E-state index is 0.0931. The lowest BCUT2D eigenvalue weighted by Crippen LogP contribution is -2.41. The normalized spacial score (nSPS) is 18.1. The van der Waals surface area contributed by atoms with Gasteiger partial charge in [0.2, 0.25) is 0 Å². The molecular formula is C18H27ClFN. The first-order valence-electron chi connectivity index (χ1n) is 8.05. The lowest BCUT2D eigenvalue weighted by Gasteiger charge is -2.29. The summed E-state index contributed by atoms with van der Waals surface area (Å²) in [6.45, 7) is 7.46. The van der Waals surface area contributed by atoms with Crippen molar-refractivity contribution in [1.82, 2.24) is 5.32 Å². The van der Waals surface area contributed by atoms with Crippen LogP contribution in [-0.4, -0.2) is 12.1 Å². The van der Waals surface area contributed by atoms with Crippen LogP contribution in [0.3, 0.4) is 0 Å². The van der Waals surface area contributed by atoms with E-state index in [9.17, 15) is 4.39 Å². The van der Waals surface area contributed by atoms with Crippen molar-refractivity contribution in [2.45, 2.75) is 58.4 Å². The van der Waals surface area contributed by atoms with Gasteiger partial charge in [-0.1, -0.05) is 43.4 Å². The number of hydrogen-bond donors (Lipinski definition) is 1. The van der Waals surface area contributed by atoms with E-state index in [-0.39, 0.29) is 11.4 Å². The second kappa shape index (κ2) is 7.11. The molecule has 1 unspecified atom stereocenters. The van der Waals surface area contributed by atoms with Crippen molar-refractivity contribution in [3.8, 4) is 0 Å². The fraction of sp³-hybridized carbons (Fsp3) is 0.667. The molecule has 0 heterocycles. The highest BCUT2D eigenvalue weighted by atomic mass is 35.5. The molecule has 1 atom stereocenters. The van der Waals surface area contributed by atoms with E-state index < -0.39 is 0 Å². The van der Waals surface area contributed by atoms with Gasteiger partial charge >= 0.3 is 0 Å². The second-order valence-electron chi connectivity index (χ2n) is 7.34. The van der Waals surface area contributed by atoms with Crippen LogP contribution in [0.25, 0.3) is 0 Å². The van der Waals surface area contributed by atoms with E-state index >= 15 is 0 Å². The average Bonchev–Trinajstić information content (AvgIpc) is 2.90. The smallest absolute Gasteiger partial charge is 0.127 e. The number of halogens is 2. The molecule has 0 aromatic heterocycles. The van der Waals surface area contributed by atoms with Crippen LogP contribution >= 0.6 is 11.6 Å². The van der Waals surface area contributed by atoms with Crippen molar-refractivity contribution in [2.75, 3.05) is 6.54 Å². The Hall–Kier alpha value is -0.600. The Balaban J connectivity index is 2.11. The van der Waals surface area contributed by atoms with Gasteiger partial charge in [-0.25, -0.2) is 4.39 Å². The largest absolute Gasteiger partial charge is 0.312 e. The third-order valence-corrected chi connectivity index (χ3v) is 4.84. The monoisotopic (exact) mass is 311 g/mol. The molecule has 0 bridgehead atoms. The topological polar surface area (TPSA) is 12.0 Å². The summed E-state index contributed by atoms with van der Waals surface area (Å²) in [5.41, 5.74) is 0.780. The maximum absolute atomic E-state index is 14.1. The van der Waals surface area contributed by atoms with Gasteiger partial charge in [0.05, 0.1) is 0 Å². The summed E-state index contributed by atoms with van der Waals surface area (Å²) in [4.78, 5) is 0. The molecule has 1 fully saturated rings. The second-order valence-corrected chi connectivity index (χ2v) is 7.75. The standard InChI is InChI=1S/C18H27ClFN/c1-18(2,3)21-12-14(13-7-4-5-8-13)11-15-16(19)9-6-10-17(15)20/h6,9-10,13-14,21H,4-5,7-8,11-12H2,1-3H3. The minimum atomic E-state index is -0.166. The summed E-state index contributed by atoms with van der Waals surface area (Å²) in [5, 5.41) is 4.16. The third kappa shape index (κ3) is 4.96. The summed E-state index contributed by atoms with van der Waals surface area (Å²) in [6, 6.07) is 4.99. The van der Waals surface area contributed by atoms with Crippen LogP contribution in [0.4, 0.5) is 4.39 Å². The van der Waals surface area contributed by atoms with Gasteiger partial charge in [0.25, 0.3) is 0 Å². The molecule has 118 valence electrons. The number of rotatable bonds is 5. The van der Waals surface area contributed by atoms with Crippen LogP contribution in [0, 0.1) is 17.7 Å². The summed E-state index contributed by atoms with van der Waals surface area (Å²) < 4.78 is 14.1. The highest BCUT2D eigenvalue weighted by Crippen LogP contribution is 2.35. The van der Waals surface area contributed by atoms with Gasteiger partial charge in [-0.05, 0) is 57.7 Å². The fourth-order valence-corrected chi connectivity index (χ4v) is 3.50. The molecule has 0 radical (unpaired) electrons. The highest BCUT2D eigenvalue weighted by Gasteiger charge is 2.27. The summed E-state index contributed by atoms with van der Waals surface area (Å²) in [6.07, 6.45) is 5.88. The van der Waals surface area contributed by atoms with E-state index in [2.05, 4.69) is 26.1 Å². The van der Waals surface area contributed by atoms with Gasteiger partial charge in [0.1, 0.15) is 5.82 Å². The van der Waals surface area contributed by atoms with Gasteiger partial charge in [-0.2, -0.15) is 0 Å². The molecule has 3 heteroatoms. The Morgan fingerprint density at radius 3 is 2.52 bits per heavy atom. The molecule has 1 N–H and O–H groups in total. The van der Waals surface area contributed by atoms with Gasteiger partial charge in [-0.3, -0.25) is 0 Å². The number of benzene rings is 1. The number of nitrogens with one attached hydrogen (secondary N) is 1. The zero-order valence-corrected chi connectivity index (χ0v) is 14.1. The van der Waals surface area contributed by atoms with Crippen molar-refractivity contribution in [1.29, 1.82) is 0 Å². The van der Waals surface area contributed by atoms with E-state index in [0.29, 0.717) is 22.4 Å². The quantitative estimate of drug-likeness (QED) is 0.786. The molecule has 1 aliphatic carbocycles. The lowest BCUT2D eigenvalue weighted by molar-refractivity contribution is 0.284. The van der Waals surface area contributed by atoms with Crippen LogP contribution < -0.4 is 5.32 Å². The molecule has 1 nitrogen and oxygen atoms in total. The molecule has 1 aromatic rings. The molecule has 21 heavy (non-hydrogen) atoms. The summed E-state index contributed by atoms with van der Waals surface area (Å²) in [5.74, 6) is 0.984. The summed E-state index contributed by atoms with van der Waals surface area (Å²) >= 11 is 6.21.